The highest BCUT2D eigenvalue weighted by Crippen LogP contribution is 2.35. The first kappa shape index (κ1) is 29.9. The molecule has 0 unspecified atom stereocenters. The van der Waals surface area contributed by atoms with Gasteiger partial charge in [0, 0.05) is 33.8 Å². The first-order valence-corrected chi connectivity index (χ1v) is 14.7. The van der Waals surface area contributed by atoms with Gasteiger partial charge in [0.1, 0.15) is 25.8 Å². The summed E-state index contributed by atoms with van der Waals surface area (Å²) in [6.07, 6.45) is 1.29. The van der Waals surface area contributed by atoms with Gasteiger partial charge in [-0.15, -0.1) is 0 Å². The van der Waals surface area contributed by atoms with Crippen molar-refractivity contribution < 1.29 is 27.5 Å². The smallest absolute Gasteiger partial charge is 0.244 e. The Morgan fingerprint density at radius 1 is 1.05 bits per heavy atom. The Balaban J connectivity index is 2.01. The molecule has 0 aliphatic carbocycles. The van der Waals surface area contributed by atoms with Crippen molar-refractivity contribution in [1.82, 2.24) is 10.2 Å². The lowest BCUT2D eigenvalue weighted by Crippen LogP contribution is -2.55. The monoisotopic (exact) mass is 585 g/mol. The van der Waals surface area contributed by atoms with E-state index in [-0.39, 0.29) is 24.6 Å². The summed E-state index contributed by atoms with van der Waals surface area (Å²) in [6.45, 7) is 7.34. The van der Waals surface area contributed by atoms with Crippen molar-refractivity contribution in [2.24, 2.45) is 0 Å². The number of amides is 2. The molecule has 0 saturated carbocycles. The van der Waals surface area contributed by atoms with Crippen LogP contribution in [0.2, 0.25) is 10.0 Å². The minimum atomic E-state index is -3.91. The number of halogens is 2. The molecule has 2 amide bonds. The van der Waals surface area contributed by atoms with Crippen molar-refractivity contribution in [2.45, 2.75) is 52.2 Å². The fraction of sp³-hybridized carbons (Fsp3) is 0.462. The molecule has 208 valence electrons. The van der Waals surface area contributed by atoms with Crippen LogP contribution in [0, 0.1) is 0 Å². The summed E-state index contributed by atoms with van der Waals surface area (Å²) in [5, 5.41) is 3.56. The van der Waals surface area contributed by atoms with Gasteiger partial charge in [0.25, 0.3) is 0 Å². The van der Waals surface area contributed by atoms with Crippen LogP contribution in [0.5, 0.6) is 11.5 Å². The maximum Gasteiger partial charge on any atom is 0.244 e. The van der Waals surface area contributed by atoms with Gasteiger partial charge < -0.3 is 19.7 Å². The van der Waals surface area contributed by atoms with Crippen LogP contribution in [0.15, 0.2) is 36.4 Å². The number of nitrogens with zero attached hydrogens (tertiary/aromatic N) is 2. The SMILES string of the molecule is CC[C@@H](C(=O)NC(C)(C)C)N(Cc1c(Cl)cccc1Cl)C(=O)CN(c1ccc2c(c1)OCCO2)S(C)(=O)=O. The zero-order chi connectivity index (χ0) is 28.3. The van der Waals surface area contributed by atoms with Crippen LogP contribution in [-0.2, 0) is 26.2 Å². The summed E-state index contributed by atoms with van der Waals surface area (Å²) >= 11 is 12.8. The van der Waals surface area contributed by atoms with Gasteiger partial charge in [-0.3, -0.25) is 13.9 Å². The van der Waals surface area contributed by atoms with Gasteiger partial charge in [-0.2, -0.15) is 0 Å². The lowest BCUT2D eigenvalue weighted by Gasteiger charge is -2.35. The summed E-state index contributed by atoms with van der Waals surface area (Å²) < 4.78 is 37.8. The highest BCUT2D eigenvalue weighted by molar-refractivity contribution is 7.92. The molecule has 0 aromatic heterocycles. The maximum atomic E-state index is 13.9. The zero-order valence-corrected chi connectivity index (χ0v) is 24.4. The van der Waals surface area contributed by atoms with Crippen LogP contribution in [0.3, 0.4) is 0 Å². The Morgan fingerprint density at radius 3 is 2.21 bits per heavy atom. The van der Waals surface area contributed by atoms with E-state index in [0.717, 1.165) is 10.6 Å². The summed E-state index contributed by atoms with van der Waals surface area (Å²) in [6, 6.07) is 8.70. The molecule has 0 bridgehead atoms. The fourth-order valence-corrected chi connectivity index (χ4v) is 5.39. The third kappa shape index (κ3) is 7.45. The van der Waals surface area contributed by atoms with E-state index in [9.17, 15) is 18.0 Å². The Kier molecular flexibility index (Phi) is 9.43. The van der Waals surface area contributed by atoms with Gasteiger partial charge in [0.2, 0.25) is 21.8 Å². The molecule has 1 heterocycles. The van der Waals surface area contributed by atoms with Crippen molar-refractivity contribution in [1.29, 1.82) is 0 Å². The molecular formula is C26H33Cl2N3O6S. The molecule has 38 heavy (non-hydrogen) atoms. The van der Waals surface area contributed by atoms with Gasteiger partial charge in [-0.05, 0) is 51.5 Å². The molecule has 2 aromatic carbocycles. The number of nitrogens with one attached hydrogen (secondary N) is 1. The van der Waals surface area contributed by atoms with Crippen molar-refractivity contribution >= 4 is 50.7 Å². The zero-order valence-electron chi connectivity index (χ0n) is 22.1. The molecule has 2 aromatic rings. The number of rotatable bonds is 9. The second kappa shape index (κ2) is 12.0. The van der Waals surface area contributed by atoms with Crippen LogP contribution in [0.1, 0.15) is 39.7 Å². The van der Waals surface area contributed by atoms with Crippen molar-refractivity contribution in [3.63, 3.8) is 0 Å². The van der Waals surface area contributed by atoms with Gasteiger partial charge in [-0.25, -0.2) is 8.42 Å². The van der Waals surface area contributed by atoms with E-state index in [1.807, 2.05) is 20.8 Å². The lowest BCUT2D eigenvalue weighted by atomic mass is 10.1. The maximum absolute atomic E-state index is 13.9. The molecule has 1 aliphatic heterocycles. The molecule has 1 atom stereocenters. The number of sulfonamides is 1. The summed E-state index contributed by atoms with van der Waals surface area (Å²) in [5.74, 6) is -0.107. The minimum Gasteiger partial charge on any atom is -0.486 e. The van der Waals surface area contributed by atoms with Crippen molar-refractivity contribution in [2.75, 3.05) is 30.3 Å². The molecule has 0 saturated heterocycles. The predicted molar refractivity (Wildman–Crippen MR) is 149 cm³/mol. The van der Waals surface area contributed by atoms with E-state index in [1.54, 1.807) is 37.3 Å². The normalized spacial score (nSPS) is 14.0. The Labute approximate surface area is 234 Å². The molecule has 0 radical (unpaired) electrons. The van der Waals surface area contributed by atoms with E-state index in [1.165, 1.54) is 11.0 Å². The molecular weight excluding hydrogens is 553 g/mol. The van der Waals surface area contributed by atoms with Gasteiger partial charge in [0.05, 0.1) is 11.9 Å². The van der Waals surface area contributed by atoms with Crippen molar-refractivity contribution in [3.05, 3.63) is 52.0 Å². The number of hydrogen-bond donors (Lipinski definition) is 1. The number of anilines is 1. The first-order valence-electron chi connectivity index (χ1n) is 12.1. The Bertz CT molecular complexity index is 1280. The number of ether oxygens (including phenoxy) is 2. The van der Waals surface area contributed by atoms with E-state index in [0.29, 0.717) is 40.3 Å². The second-order valence-corrected chi connectivity index (χ2v) is 12.7. The molecule has 1 aliphatic rings. The predicted octanol–water partition coefficient (Wildman–Crippen LogP) is 4.25. The fourth-order valence-electron chi connectivity index (χ4n) is 4.03. The molecule has 0 spiro atoms. The number of hydrogen-bond acceptors (Lipinski definition) is 6. The topological polar surface area (TPSA) is 105 Å². The van der Waals surface area contributed by atoms with E-state index < -0.39 is 34.1 Å². The summed E-state index contributed by atoms with van der Waals surface area (Å²) in [5.41, 5.74) is 0.134. The highest BCUT2D eigenvalue weighted by Gasteiger charge is 2.34. The van der Waals surface area contributed by atoms with Gasteiger partial charge in [-0.1, -0.05) is 36.2 Å². The van der Waals surface area contributed by atoms with E-state index in [2.05, 4.69) is 5.32 Å². The lowest BCUT2D eigenvalue weighted by molar-refractivity contribution is -0.141. The molecule has 3 rings (SSSR count). The van der Waals surface area contributed by atoms with Crippen LogP contribution < -0.4 is 19.1 Å². The number of benzene rings is 2. The molecule has 9 nitrogen and oxygen atoms in total. The Morgan fingerprint density at radius 2 is 1.66 bits per heavy atom. The number of carbonyl (C=O) groups is 2. The average Bonchev–Trinajstić information content (AvgIpc) is 2.82. The van der Waals surface area contributed by atoms with Gasteiger partial charge in [0.15, 0.2) is 11.5 Å². The Hall–Kier alpha value is -2.69. The van der Waals surface area contributed by atoms with Gasteiger partial charge >= 0.3 is 0 Å². The standard InChI is InChI=1S/C26H33Cl2N3O6S/c1-6-21(25(33)29-26(2,3)4)30(15-18-19(27)8-7-9-20(18)28)24(32)16-31(38(5,34)35)17-10-11-22-23(14-17)37-13-12-36-22/h7-11,14,21H,6,12-13,15-16H2,1-5H3,(H,29,33)/t21-/m0/s1. The average molecular weight is 587 g/mol. The summed E-state index contributed by atoms with van der Waals surface area (Å²) in [7, 11) is -3.91. The third-order valence-corrected chi connectivity index (χ3v) is 7.62. The largest absolute Gasteiger partial charge is 0.486 e. The van der Waals surface area contributed by atoms with Crippen molar-refractivity contribution in [3.8, 4) is 11.5 Å². The molecule has 1 N–H and O–H groups in total. The summed E-state index contributed by atoms with van der Waals surface area (Å²) in [4.78, 5) is 28.5. The minimum absolute atomic E-state index is 0.0911. The third-order valence-electron chi connectivity index (χ3n) is 5.77. The second-order valence-electron chi connectivity index (χ2n) is 9.98. The number of carbonyl (C=O) groups excluding carboxylic acids is 2. The van der Waals surface area contributed by atoms with Crippen LogP contribution in [0.25, 0.3) is 0 Å². The quantitative estimate of drug-likeness (QED) is 0.471. The van der Waals surface area contributed by atoms with Crippen LogP contribution in [0.4, 0.5) is 5.69 Å². The van der Waals surface area contributed by atoms with Crippen LogP contribution >= 0.6 is 23.2 Å². The first-order chi connectivity index (χ1) is 17.7. The van der Waals surface area contributed by atoms with E-state index >= 15 is 0 Å². The van der Waals surface area contributed by atoms with Crippen LogP contribution in [-0.4, -0.2) is 62.7 Å². The van der Waals surface area contributed by atoms with E-state index in [4.69, 9.17) is 32.7 Å². The number of fused-ring (bicyclic) bond motifs is 1. The molecule has 12 heteroatoms. The molecule has 0 fully saturated rings. The highest BCUT2D eigenvalue weighted by atomic mass is 35.5.